The van der Waals surface area contributed by atoms with Crippen LogP contribution in [0.3, 0.4) is 0 Å². The minimum absolute atomic E-state index is 0.0623. The molecule has 3 aromatic rings. The maximum Gasteiger partial charge on any atom is 0.182 e. The highest BCUT2D eigenvalue weighted by Crippen LogP contribution is 2.27. The quantitative estimate of drug-likeness (QED) is 0.707. The van der Waals surface area contributed by atoms with Crippen LogP contribution in [0.2, 0.25) is 5.02 Å². The van der Waals surface area contributed by atoms with E-state index in [1.807, 2.05) is 12.1 Å². The van der Waals surface area contributed by atoms with Crippen LogP contribution in [0.15, 0.2) is 36.4 Å². The molecule has 0 amide bonds. The second-order valence-corrected chi connectivity index (χ2v) is 5.02. The molecule has 2 aromatic carbocycles. The van der Waals surface area contributed by atoms with E-state index >= 15 is 0 Å². The molecule has 0 aliphatic rings. The summed E-state index contributed by atoms with van der Waals surface area (Å²) in [6.07, 6.45) is 0. The molecule has 3 nitrogen and oxygen atoms in total. The fourth-order valence-corrected chi connectivity index (χ4v) is 2.60. The number of benzene rings is 2. The van der Waals surface area contributed by atoms with Gasteiger partial charge in [0, 0.05) is 6.07 Å². The van der Waals surface area contributed by atoms with Gasteiger partial charge >= 0.3 is 0 Å². The van der Waals surface area contributed by atoms with Crippen molar-refractivity contribution in [2.75, 3.05) is 7.11 Å². The van der Waals surface area contributed by atoms with Crippen LogP contribution in [0.25, 0.3) is 16.7 Å². The van der Waals surface area contributed by atoms with Crippen molar-refractivity contribution in [3.63, 3.8) is 0 Å². The third-order valence-electron chi connectivity index (χ3n) is 3.06. The molecule has 1 heterocycles. The Labute approximate surface area is 124 Å². The minimum atomic E-state index is -0.498. The number of imidazole rings is 1. The number of halogens is 2. The minimum Gasteiger partial charge on any atom is -0.497 e. The first-order valence-electron chi connectivity index (χ1n) is 5.85. The van der Waals surface area contributed by atoms with Crippen LogP contribution in [0, 0.1) is 10.6 Å². The zero-order valence-electron chi connectivity index (χ0n) is 10.5. The number of aromatic nitrogens is 2. The second-order valence-electron chi connectivity index (χ2n) is 4.22. The van der Waals surface area contributed by atoms with E-state index in [1.165, 1.54) is 6.07 Å². The van der Waals surface area contributed by atoms with E-state index < -0.39 is 5.82 Å². The highest BCUT2D eigenvalue weighted by atomic mass is 35.5. The first kappa shape index (κ1) is 13.1. The molecule has 0 radical (unpaired) electrons. The van der Waals surface area contributed by atoms with E-state index in [1.54, 1.807) is 29.9 Å². The molecule has 1 aromatic heterocycles. The number of H-pyrrole nitrogens is 1. The van der Waals surface area contributed by atoms with Gasteiger partial charge in [-0.05, 0) is 36.5 Å². The summed E-state index contributed by atoms with van der Waals surface area (Å²) in [5, 5.41) is 0.0623. The second kappa shape index (κ2) is 4.92. The lowest BCUT2D eigenvalue weighted by atomic mass is 10.2. The van der Waals surface area contributed by atoms with Gasteiger partial charge in [-0.1, -0.05) is 17.7 Å². The van der Waals surface area contributed by atoms with Gasteiger partial charge in [0.25, 0.3) is 0 Å². The molecule has 0 saturated carbocycles. The zero-order valence-corrected chi connectivity index (χ0v) is 12.1. The van der Waals surface area contributed by atoms with Crippen molar-refractivity contribution in [1.82, 2.24) is 9.55 Å². The van der Waals surface area contributed by atoms with Gasteiger partial charge in [0.05, 0.1) is 28.9 Å². The maximum absolute atomic E-state index is 14.2. The molecule has 20 heavy (non-hydrogen) atoms. The molecule has 0 fully saturated rings. The lowest BCUT2D eigenvalue weighted by molar-refractivity contribution is 0.415. The number of nitrogens with one attached hydrogen (secondary N) is 1. The molecule has 0 spiro atoms. The normalized spacial score (nSPS) is 10.9. The van der Waals surface area contributed by atoms with Gasteiger partial charge in [-0.3, -0.25) is 4.57 Å². The molecule has 0 aliphatic carbocycles. The molecule has 0 bridgehead atoms. The molecule has 6 heteroatoms. The van der Waals surface area contributed by atoms with Crippen LogP contribution >= 0.6 is 23.8 Å². The van der Waals surface area contributed by atoms with E-state index in [-0.39, 0.29) is 5.02 Å². The van der Waals surface area contributed by atoms with Crippen molar-refractivity contribution in [3.05, 3.63) is 52.0 Å². The van der Waals surface area contributed by atoms with E-state index in [0.717, 1.165) is 11.0 Å². The van der Waals surface area contributed by atoms with Crippen LogP contribution in [0.1, 0.15) is 0 Å². The van der Waals surface area contributed by atoms with Crippen molar-refractivity contribution in [1.29, 1.82) is 0 Å². The Morgan fingerprint density at radius 1 is 1.30 bits per heavy atom. The molecule has 0 unspecified atom stereocenters. The average Bonchev–Trinajstić information content (AvgIpc) is 2.77. The van der Waals surface area contributed by atoms with E-state index in [0.29, 0.717) is 16.2 Å². The monoisotopic (exact) mass is 308 g/mol. The lowest BCUT2D eigenvalue weighted by Crippen LogP contribution is -1.98. The number of methoxy groups -OCH3 is 1. The Kier molecular flexibility index (Phi) is 3.23. The van der Waals surface area contributed by atoms with E-state index in [2.05, 4.69) is 4.98 Å². The van der Waals surface area contributed by atoms with Gasteiger partial charge in [-0.25, -0.2) is 4.39 Å². The van der Waals surface area contributed by atoms with Gasteiger partial charge in [-0.2, -0.15) is 0 Å². The first-order chi connectivity index (χ1) is 9.61. The van der Waals surface area contributed by atoms with E-state index in [4.69, 9.17) is 28.6 Å². The molecular weight excluding hydrogens is 299 g/mol. The first-order valence-corrected chi connectivity index (χ1v) is 6.63. The molecule has 0 aliphatic heterocycles. The third kappa shape index (κ3) is 1.99. The predicted octanol–water partition coefficient (Wildman–Crippen LogP) is 4.49. The Morgan fingerprint density at radius 3 is 2.85 bits per heavy atom. The average molecular weight is 309 g/mol. The molecule has 0 atom stereocenters. The van der Waals surface area contributed by atoms with Crippen LogP contribution in [-0.4, -0.2) is 16.7 Å². The largest absolute Gasteiger partial charge is 0.497 e. The Bertz CT molecular complexity index is 856. The number of rotatable bonds is 2. The summed E-state index contributed by atoms with van der Waals surface area (Å²) >= 11 is 11.1. The lowest BCUT2D eigenvalue weighted by Gasteiger charge is -2.07. The zero-order chi connectivity index (χ0) is 14.3. The number of nitrogens with zero attached hydrogens (tertiary/aromatic N) is 1. The number of fused-ring (bicyclic) bond motifs is 1. The topological polar surface area (TPSA) is 29.9 Å². The summed E-state index contributed by atoms with van der Waals surface area (Å²) in [4.78, 5) is 3.03. The van der Waals surface area contributed by atoms with Crippen LogP contribution in [0.4, 0.5) is 4.39 Å². The summed E-state index contributed by atoms with van der Waals surface area (Å²) in [6.45, 7) is 0. The van der Waals surface area contributed by atoms with Crippen molar-refractivity contribution in [2.45, 2.75) is 0 Å². The highest BCUT2D eigenvalue weighted by Gasteiger charge is 2.13. The van der Waals surface area contributed by atoms with Crippen molar-refractivity contribution in [3.8, 4) is 11.4 Å². The highest BCUT2D eigenvalue weighted by molar-refractivity contribution is 7.71. The SMILES string of the molecule is COc1ccc2c(c1)[nH]c(=S)n2-c1cccc(Cl)c1F. The number of hydrogen-bond donors (Lipinski definition) is 1. The summed E-state index contributed by atoms with van der Waals surface area (Å²) in [6, 6.07) is 10.2. The third-order valence-corrected chi connectivity index (χ3v) is 3.64. The fourth-order valence-electron chi connectivity index (χ4n) is 2.12. The molecule has 1 N–H and O–H groups in total. The summed E-state index contributed by atoms with van der Waals surface area (Å²) in [5.41, 5.74) is 1.85. The van der Waals surface area contributed by atoms with E-state index in [9.17, 15) is 4.39 Å². The van der Waals surface area contributed by atoms with Gasteiger partial charge in [0.15, 0.2) is 10.6 Å². The number of ether oxygens (including phenoxy) is 1. The summed E-state index contributed by atoms with van der Waals surface area (Å²) in [7, 11) is 1.59. The van der Waals surface area contributed by atoms with Crippen LogP contribution < -0.4 is 4.74 Å². The number of aromatic amines is 1. The summed E-state index contributed by atoms with van der Waals surface area (Å²) in [5.74, 6) is 0.203. The van der Waals surface area contributed by atoms with Crippen molar-refractivity contribution in [2.24, 2.45) is 0 Å². The predicted molar refractivity (Wildman–Crippen MR) is 80.0 cm³/mol. The molecule has 0 saturated heterocycles. The van der Waals surface area contributed by atoms with Gasteiger partial charge in [0.2, 0.25) is 0 Å². The number of hydrogen-bond acceptors (Lipinski definition) is 2. The maximum atomic E-state index is 14.2. The van der Waals surface area contributed by atoms with Crippen molar-refractivity contribution < 1.29 is 9.13 Å². The molecule has 102 valence electrons. The Morgan fingerprint density at radius 2 is 2.10 bits per heavy atom. The van der Waals surface area contributed by atoms with Gasteiger partial charge in [-0.15, -0.1) is 0 Å². The standard InChI is InChI=1S/C14H10ClFN2OS/c1-19-8-5-6-11-10(7-8)17-14(20)18(11)12-4-2-3-9(15)13(12)16/h2-7H,1H3,(H,17,20). The van der Waals surface area contributed by atoms with Gasteiger partial charge < -0.3 is 9.72 Å². The van der Waals surface area contributed by atoms with Crippen LogP contribution in [0.5, 0.6) is 5.75 Å². The van der Waals surface area contributed by atoms with Crippen LogP contribution in [-0.2, 0) is 0 Å². The molecule has 3 rings (SSSR count). The Hall–Kier alpha value is -1.85. The Balaban J connectivity index is 2.34. The van der Waals surface area contributed by atoms with Crippen molar-refractivity contribution >= 4 is 34.9 Å². The smallest absolute Gasteiger partial charge is 0.182 e. The van der Waals surface area contributed by atoms with Gasteiger partial charge in [0.1, 0.15) is 5.75 Å². The fraction of sp³-hybridized carbons (Fsp3) is 0.0714. The summed E-state index contributed by atoms with van der Waals surface area (Å²) < 4.78 is 21.4. The molecular formula is C14H10ClFN2OS.